The molecule has 0 heterocycles. The Labute approximate surface area is 106 Å². The second-order valence-corrected chi connectivity index (χ2v) is 4.33. The van der Waals surface area contributed by atoms with Gasteiger partial charge < -0.3 is 4.74 Å². The summed E-state index contributed by atoms with van der Waals surface area (Å²) in [5.74, 6) is 1.58. The van der Waals surface area contributed by atoms with E-state index in [1.165, 1.54) is 12.1 Å². The number of hydrogen-bond donors (Lipinski definition) is 0. The maximum absolute atomic E-state index is 12.9. The van der Waals surface area contributed by atoms with Crippen LogP contribution in [0.3, 0.4) is 0 Å². The van der Waals surface area contributed by atoms with Crippen LogP contribution in [0.25, 0.3) is 5.57 Å². The molecule has 1 aliphatic carbocycles. The predicted octanol–water partition coefficient (Wildman–Crippen LogP) is 4.00. The number of methoxy groups -OCH3 is 1. The first kappa shape index (κ1) is 12.2. The minimum absolute atomic E-state index is 0.230. The van der Waals surface area contributed by atoms with Gasteiger partial charge in [-0.3, -0.25) is 0 Å². The Morgan fingerprint density at radius 2 is 2.06 bits per heavy atom. The number of hydrogen-bond acceptors (Lipinski definition) is 1. The summed E-state index contributed by atoms with van der Waals surface area (Å²) in [6, 6.07) is 6.43. The van der Waals surface area contributed by atoms with Gasteiger partial charge in [-0.15, -0.1) is 11.6 Å². The number of alkyl halides is 1. The van der Waals surface area contributed by atoms with E-state index in [0.717, 1.165) is 23.3 Å². The van der Waals surface area contributed by atoms with Crippen LogP contribution in [0.2, 0.25) is 0 Å². The molecule has 0 N–H and O–H groups in total. The fraction of sp³-hybridized carbons (Fsp3) is 0.286. The van der Waals surface area contributed by atoms with E-state index < -0.39 is 0 Å². The van der Waals surface area contributed by atoms with Gasteiger partial charge in [0.2, 0.25) is 0 Å². The molecule has 0 saturated carbocycles. The van der Waals surface area contributed by atoms with E-state index in [2.05, 4.69) is 6.08 Å². The Balaban J connectivity index is 2.33. The summed E-state index contributed by atoms with van der Waals surface area (Å²) in [6.07, 6.45) is 4.88. The first-order valence-electron chi connectivity index (χ1n) is 5.52. The highest BCUT2D eigenvalue weighted by Gasteiger charge is 2.17. The lowest BCUT2D eigenvalue weighted by Crippen LogP contribution is -2.08. The topological polar surface area (TPSA) is 9.23 Å². The molecule has 1 atom stereocenters. The van der Waals surface area contributed by atoms with Crippen LogP contribution >= 0.6 is 11.6 Å². The highest BCUT2D eigenvalue weighted by Crippen LogP contribution is 2.31. The zero-order valence-electron chi connectivity index (χ0n) is 9.62. The predicted molar refractivity (Wildman–Crippen MR) is 68.3 cm³/mol. The van der Waals surface area contributed by atoms with Crippen molar-refractivity contribution >= 4 is 17.2 Å². The van der Waals surface area contributed by atoms with Crippen LogP contribution in [0.5, 0.6) is 0 Å². The van der Waals surface area contributed by atoms with E-state index in [4.69, 9.17) is 16.3 Å². The Morgan fingerprint density at radius 1 is 1.35 bits per heavy atom. The van der Waals surface area contributed by atoms with Gasteiger partial charge in [0, 0.05) is 17.9 Å². The first-order chi connectivity index (χ1) is 8.24. The van der Waals surface area contributed by atoms with Gasteiger partial charge in [0.1, 0.15) is 11.6 Å². The quantitative estimate of drug-likeness (QED) is 0.739. The maximum atomic E-state index is 12.9. The highest BCUT2D eigenvalue weighted by molar-refractivity contribution is 6.18. The molecule has 0 amide bonds. The van der Waals surface area contributed by atoms with E-state index in [0.29, 0.717) is 11.8 Å². The lowest BCUT2D eigenvalue weighted by Gasteiger charge is -2.20. The van der Waals surface area contributed by atoms with Gasteiger partial charge >= 0.3 is 0 Å². The molecular formula is C14H14ClFO. The molecule has 0 aliphatic heterocycles. The van der Waals surface area contributed by atoms with Crippen LogP contribution in [0.1, 0.15) is 12.0 Å². The van der Waals surface area contributed by atoms with E-state index in [1.807, 2.05) is 6.08 Å². The molecule has 1 aromatic rings. The van der Waals surface area contributed by atoms with Crippen molar-refractivity contribution in [3.63, 3.8) is 0 Å². The molecule has 2 rings (SSSR count). The fourth-order valence-corrected chi connectivity index (χ4v) is 2.14. The van der Waals surface area contributed by atoms with Crippen LogP contribution in [0.4, 0.5) is 4.39 Å². The number of rotatable bonds is 3. The molecule has 1 nitrogen and oxygen atoms in total. The molecule has 0 aromatic heterocycles. The number of allylic oxidation sites excluding steroid dienone is 4. The van der Waals surface area contributed by atoms with Crippen molar-refractivity contribution in [1.82, 2.24) is 0 Å². The minimum atomic E-state index is -0.230. The molecule has 0 bridgehead atoms. The number of halogens is 2. The molecule has 0 spiro atoms. The third-order valence-corrected chi connectivity index (χ3v) is 3.28. The SMILES string of the molecule is COC1=C(c2ccc(F)cc2)C=CC(CCl)C1. The fourth-order valence-electron chi connectivity index (χ4n) is 1.93. The molecular weight excluding hydrogens is 239 g/mol. The van der Waals surface area contributed by atoms with E-state index in [-0.39, 0.29) is 5.82 Å². The number of benzene rings is 1. The molecule has 1 unspecified atom stereocenters. The Morgan fingerprint density at radius 3 is 2.65 bits per heavy atom. The minimum Gasteiger partial charge on any atom is -0.500 e. The molecule has 17 heavy (non-hydrogen) atoms. The van der Waals surface area contributed by atoms with Crippen LogP contribution in [0.15, 0.2) is 42.2 Å². The van der Waals surface area contributed by atoms with Crippen molar-refractivity contribution in [3.05, 3.63) is 53.6 Å². The molecule has 1 aliphatic rings. The standard InChI is InChI=1S/C14H14ClFO/c1-17-14-8-10(9-15)2-7-13(14)11-3-5-12(16)6-4-11/h2-7,10H,8-9H2,1H3. The molecule has 3 heteroatoms. The number of ether oxygens (including phenoxy) is 1. The summed E-state index contributed by atoms with van der Waals surface area (Å²) in [6.45, 7) is 0. The molecule has 0 radical (unpaired) electrons. The summed E-state index contributed by atoms with van der Waals surface area (Å²) in [7, 11) is 1.66. The van der Waals surface area contributed by atoms with Crippen molar-refractivity contribution in [3.8, 4) is 0 Å². The van der Waals surface area contributed by atoms with Crippen LogP contribution in [-0.2, 0) is 4.74 Å². The first-order valence-corrected chi connectivity index (χ1v) is 6.05. The van der Waals surface area contributed by atoms with Crippen molar-refractivity contribution in [2.24, 2.45) is 5.92 Å². The second-order valence-electron chi connectivity index (χ2n) is 4.03. The lowest BCUT2D eigenvalue weighted by molar-refractivity contribution is 0.270. The smallest absolute Gasteiger partial charge is 0.123 e. The molecule has 1 aromatic carbocycles. The average molecular weight is 253 g/mol. The zero-order valence-corrected chi connectivity index (χ0v) is 10.4. The van der Waals surface area contributed by atoms with Crippen LogP contribution in [0, 0.1) is 11.7 Å². The van der Waals surface area contributed by atoms with E-state index in [9.17, 15) is 4.39 Å². The summed E-state index contributed by atoms with van der Waals surface area (Å²) in [5.41, 5.74) is 1.97. The third-order valence-electron chi connectivity index (χ3n) is 2.88. The summed E-state index contributed by atoms with van der Waals surface area (Å²) in [4.78, 5) is 0. The van der Waals surface area contributed by atoms with Gasteiger partial charge in [0.25, 0.3) is 0 Å². The Hall–Kier alpha value is -1.28. The van der Waals surface area contributed by atoms with Gasteiger partial charge in [-0.1, -0.05) is 24.3 Å². The van der Waals surface area contributed by atoms with Crippen LogP contribution in [-0.4, -0.2) is 13.0 Å². The Bertz CT molecular complexity index is 448. The van der Waals surface area contributed by atoms with Crippen molar-refractivity contribution < 1.29 is 9.13 Å². The monoisotopic (exact) mass is 252 g/mol. The van der Waals surface area contributed by atoms with Crippen molar-refractivity contribution in [2.45, 2.75) is 6.42 Å². The summed E-state index contributed by atoms with van der Waals surface area (Å²) >= 11 is 5.84. The highest BCUT2D eigenvalue weighted by atomic mass is 35.5. The van der Waals surface area contributed by atoms with Crippen molar-refractivity contribution in [2.75, 3.05) is 13.0 Å². The zero-order chi connectivity index (χ0) is 12.3. The van der Waals surface area contributed by atoms with E-state index in [1.54, 1.807) is 19.2 Å². The largest absolute Gasteiger partial charge is 0.500 e. The maximum Gasteiger partial charge on any atom is 0.123 e. The Kier molecular flexibility index (Phi) is 3.85. The average Bonchev–Trinajstić information content (AvgIpc) is 2.39. The van der Waals surface area contributed by atoms with Gasteiger partial charge in [-0.2, -0.15) is 0 Å². The summed E-state index contributed by atoms with van der Waals surface area (Å²) < 4.78 is 18.3. The lowest BCUT2D eigenvalue weighted by atomic mass is 9.92. The van der Waals surface area contributed by atoms with Gasteiger partial charge in [0.05, 0.1) is 7.11 Å². The second kappa shape index (κ2) is 5.37. The summed E-state index contributed by atoms with van der Waals surface area (Å²) in [5, 5.41) is 0. The normalized spacial score (nSPS) is 19.6. The van der Waals surface area contributed by atoms with Gasteiger partial charge in [-0.05, 0) is 23.6 Å². The molecule has 0 fully saturated rings. The van der Waals surface area contributed by atoms with E-state index >= 15 is 0 Å². The third kappa shape index (κ3) is 2.70. The van der Waals surface area contributed by atoms with Gasteiger partial charge in [-0.25, -0.2) is 4.39 Å². The van der Waals surface area contributed by atoms with Gasteiger partial charge in [0.15, 0.2) is 0 Å². The molecule has 90 valence electrons. The van der Waals surface area contributed by atoms with Crippen molar-refractivity contribution in [1.29, 1.82) is 0 Å². The van der Waals surface area contributed by atoms with Crippen LogP contribution < -0.4 is 0 Å². The molecule has 0 saturated heterocycles.